The second-order valence-electron chi connectivity index (χ2n) is 3.23. The van der Waals surface area contributed by atoms with E-state index in [1.807, 2.05) is 24.3 Å². The van der Waals surface area contributed by atoms with Crippen LogP contribution >= 0.6 is 11.8 Å². The smallest absolute Gasteiger partial charge is 0.227 e. The van der Waals surface area contributed by atoms with E-state index in [-0.39, 0.29) is 5.91 Å². The lowest BCUT2D eigenvalue weighted by Gasteiger charge is -2.04. The average molecular weight is 217 g/mol. The van der Waals surface area contributed by atoms with Gasteiger partial charge in [0, 0.05) is 4.90 Å². The Labute approximate surface area is 92.5 Å². The average Bonchev–Trinajstić information content (AvgIpc) is 2.26. The molecule has 0 aliphatic rings. The van der Waals surface area contributed by atoms with Crippen molar-refractivity contribution in [2.45, 2.75) is 4.90 Å². The molecule has 0 radical (unpaired) electrons. The van der Waals surface area contributed by atoms with Gasteiger partial charge >= 0.3 is 0 Å². The van der Waals surface area contributed by atoms with Crippen molar-refractivity contribution in [1.29, 1.82) is 0 Å². The molecule has 0 fully saturated rings. The number of rotatable bonds is 3. The Bertz CT molecular complexity index is 490. The predicted octanol–water partition coefficient (Wildman–Crippen LogP) is 2.42. The van der Waals surface area contributed by atoms with Crippen LogP contribution in [0, 0.1) is 0 Å². The summed E-state index contributed by atoms with van der Waals surface area (Å²) in [6.45, 7) is 0. The van der Waals surface area contributed by atoms with Crippen molar-refractivity contribution >= 4 is 28.4 Å². The monoisotopic (exact) mass is 217 g/mol. The van der Waals surface area contributed by atoms with Crippen molar-refractivity contribution < 1.29 is 4.79 Å². The van der Waals surface area contributed by atoms with Crippen LogP contribution in [0.4, 0.5) is 0 Å². The molecular formula is C12H11NOS. The van der Waals surface area contributed by atoms with Crippen molar-refractivity contribution in [1.82, 2.24) is 0 Å². The lowest BCUT2D eigenvalue weighted by Crippen LogP contribution is -2.12. The van der Waals surface area contributed by atoms with Gasteiger partial charge in [-0.15, -0.1) is 11.8 Å². The van der Waals surface area contributed by atoms with Crippen molar-refractivity contribution in [3.05, 3.63) is 42.5 Å². The Morgan fingerprint density at radius 3 is 2.67 bits per heavy atom. The minimum absolute atomic E-state index is 0.284. The van der Waals surface area contributed by atoms with Gasteiger partial charge in [0.05, 0.1) is 5.75 Å². The Hall–Kier alpha value is -1.48. The summed E-state index contributed by atoms with van der Waals surface area (Å²) in [7, 11) is 0. The summed E-state index contributed by atoms with van der Waals surface area (Å²) in [4.78, 5) is 11.8. The highest BCUT2D eigenvalue weighted by atomic mass is 32.2. The third kappa shape index (κ3) is 2.30. The van der Waals surface area contributed by atoms with Crippen LogP contribution in [0.25, 0.3) is 10.8 Å². The number of nitrogens with two attached hydrogens (primary N) is 1. The van der Waals surface area contributed by atoms with E-state index in [0.717, 1.165) is 4.90 Å². The van der Waals surface area contributed by atoms with Crippen LogP contribution < -0.4 is 5.73 Å². The van der Waals surface area contributed by atoms with E-state index in [4.69, 9.17) is 5.73 Å². The van der Waals surface area contributed by atoms with Gasteiger partial charge < -0.3 is 5.73 Å². The zero-order valence-electron chi connectivity index (χ0n) is 8.14. The molecule has 2 aromatic rings. The fourth-order valence-corrected chi connectivity index (χ4v) is 2.28. The van der Waals surface area contributed by atoms with Crippen LogP contribution in [0.1, 0.15) is 0 Å². The second-order valence-corrected chi connectivity index (χ2v) is 4.25. The third-order valence-electron chi connectivity index (χ3n) is 2.12. The number of amides is 1. The van der Waals surface area contributed by atoms with Gasteiger partial charge in [-0.05, 0) is 16.8 Å². The van der Waals surface area contributed by atoms with Crippen LogP contribution in [-0.2, 0) is 4.79 Å². The predicted molar refractivity (Wildman–Crippen MR) is 63.9 cm³/mol. The number of hydrogen-bond donors (Lipinski definition) is 1. The third-order valence-corrected chi connectivity index (χ3v) is 3.22. The summed E-state index contributed by atoms with van der Waals surface area (Å²) < 4.78 is 0. The molecule has 0 bridgehead atoms. The Balaban J connectivity index is 2.38. The van der Waals surface area contributed by atoms with E-state index in [2.05, 4.69) is 18.2 Å². The summed E-state index contributed by atoms with van der Waals surface area (Å²) in [6, 6.07) is 14.2. The molecule has 15 heavy (non-hydrogen) atoms. The first-order chi connectivity index (χ1) is 7.27. The normalized spacial score (nSPS) is 10.4. The van der Waals surface area contributed by atoms with Crippen LogP contribution in [0.3, 0.4) is 0 Å². The molecule has 0 aliphatic carbocycles. The molecule has 0 saturated carbocycles. The van der Waals surface area contributed by atoms with Gasteiger partial charge in [-0.1, -0.05) is 36.4 Å². The van der Waals surface area contributed by atoms with E-state index in [1.54, 1.807) is 0 Å². The van der Waals surface area contributed by atoms with Crippen molar-refractivity contribution in [2.24, 2.45) is 5.73 Å². The molecule has 0 saturated heterocycles. The molecule has 2 rings (SSSR count). The number of benzene rings is 2. The summed E-state index contributed by atoms with van der Waals surface area (Å²) in [5, 5.41) is 2.36. The summed E-state index contributed by atoms with van der Waals surface area (Å²) in [6.07, 6.45) is 0. The molecule has 1 amide bonds. The lowest BCUT2D eigenvalue weighted by molar-refractivity contribution is -0.115. The zero-order chi connectivity index (χ0) is 10.7. The molecule has 0 aliphatic heterocycles. The maximum atomic E-state index is 10.7. The van der Waals surface area contributed by atoms with E-state index >= 15 is 0 Å². The van der Waals surface area contributed by atoms with Gasteiger partial charge in [0.1, 0.15) is 0 Å². The Kier molecular flexibility index (Phi) is 2.92. The van der Waals surface area contributed by atoms with Crippen LogP contribution in [0.15, 0.2) is 47.4 Å². The van der Waals surface area contributed by atoms with Gasteiger partial charge in [0.2, 0.25) is 5.91 Å². The summed E-state index contributed by atoms with van der Waals surface area (Å²) in [5.74, 6) is 0.0431. The SMILES string of the molecule is NC(=O)CSc1cccc2ccccc12. The number of primary amides is 1. The highest BCUT2D eigenvalue weighted by molar-refractivity contribution is 8.00. The van der Waals surface area contributed by atoms with Crippen LogP contribution in [-0.4, -0.2) is 11.7 Å². The van der Waals surface area contributed by atoms with Crippen molar-refractivity contribution in [2.75, 3.05) is 5.75 Å². The highest BCUT2D eigenvalue weighted by Gasteiger charge is 2.02. The van der Waals surface area contributed by atoms with E-state index in [9.17, 15) is 4.79 Å². The maximum Gasteiger partial charge on any atom is 0.227 e. The second kappa shape index (κ2) is 4.36. The molecule has 3 heteroatoms. The first kappa shape index (κ1) is 10.1. The minimum Gasteiger partial charge on any atom is -0.369 e. The Morgan fingerprint density at radius 2 is 1.87 bits per heavy atom. The van der Waals surface area contributed by atoms with E-state index in [0.29, 0.717) is 5.75 Å². The quantitative estimate of drug-likeness (QED) is 0.802. The molecule has 76 valence electrons. The number of hydrogen-bond acceptors (Lipinski definition) is 2. The number of fused-ring (bicyclic) bond motifs is 1. The Morgan fingerprint density at radius 1 is 1.13 bits per heavy atom. The largest absolute Gasteiger partial charge is 0.369 e. The van der Waals surface area contributed by atoms with Gasteiger partial charge in [-0.25, -0.2) is 0 Å². The fraction of sp³-hybridized carbons (Fsp3) is 0.0833. The number of thioether (sulfide) groups is 1. The molecule has 0 aromatic heterocycles. The molecule has 2 N–H and O–H groups in total. The van der Waals surface area contributed by atoms with E-state index < -0.39 is 0 Å². The summed E-state index contributed by atoms with van der Waals surface area (Å²) >= 11 is 1.48. The molecule has 0 unspecified atom stereocenters. The van der Waals surface area contributed by atoms with Crippen molar-refractivity contribution in [3.8, 4) is 0 Å². The number of carbonyl (C=O) groups excluding carboxylic acids is 1. The van der Waals surface area contributed by atoms with Crippen LogP contribution in [0.5, 0.6) is 0 Å². The minimum atomic E-state index is -0.284. The van der Waals surface area contributed by atoms with Gasteiger partial charge in [0.15, 0.2) is 0 Å². The van der Waals surface area contributed by atoms with Crippen molar-refractivity contribution in [3.63, 3.8) is 0 Å². The van der Waals surface area contributed by atoms with Crippen LogP contribution in [0.2, 0.25) is 0 Å². The standard InChI is InChI=1S/C12H11NOS/c13-12(14)8-15-11-7-3-5-9-4-1-2-6-10(9)11/h1-7H,8H2,(H2,13,14). The molecule has 0 atom stereocenters. The molecule has 0 spiro atoms. The first-order valence-corrected chi connectivity index (χ1v) is 5.65. The summed E-state index contributed by atoms with van der Waals surface area (Å²) in [5.41, 5.74) is 5.12. The fourth-order valence-electron chi connectivity index (χ4n) is 1.47. The molecule has 2 aromatic carbocycles. The van der Waals surface area contributed by atoms with Gasteiger partial charge in [-0.3, -0.25) is 4.79 Å². The number of carbonyl (C=O) groups is 1. The topological polar surface area (TPSA) is 43.1 Å². The van der Waals surface area contributed by atoms with Gasteiger partial charge in [-0.2, -0.15) is 0 Å². The first-order valence-electron chi connectivity index (χ1n) is 4.66. The van der Waals surface area contributed by atoms with Gasteiger partial charge in [0.25, 0.3) is 0 Å². The van der Waals surface area contributed by atoms with E-state index in [1.165, 1.54) is 22.5 Å². The molecule has 0 heterocycles. The molecule has 2 nitrogen and oxygen atoms in total. The zero-order valence-corrected chi connectivity index (χ0v) is 8.96. The lowest BCUT2D eigenvalue weighted by atomic mass is 10.1. The molecular weight excluding hydrogens is 206 g/mol. The highest BCUT2D eigenvalue weighted by Crippen LogP contribution is 2.27. The maximum absolute atomic E-state index is 10.7.